The second-order valence-electron chi connectivity index (χ2n) is 1.22. The fraction of sp³-hybridized carbons (Fsp3) is 0.400. The van der Waals surface area contributed by atoms with E-state index in [1.165, 1.54) is 0 Å². The molecule has 2 heteroatoms. The van der Waals surface area contributed by atoms with Crippen molar-refractivity contribution in [2.45, 2.75) is 0 Å². The molecule has 0 unspecified atom stereocenters. The molecule has 0 fully saturated rings. The van der Waals surface area contributed by atoms with Gasteiger partial charge in [0.05, 0.1) is 6.34 Å². The Hall–Kier alpha value is -0.790. The molecule has 0 N–H and O–H groups in total. The van der Waals surface area contributed by atoms with E-state index in [4.69, 9.17) is 0 Å². The van der Waals surface area contributed by atoms with E-state index >= 15 is 0 Å². The Kier molecular flexibility index (Phi) is 3.02. The zero-order valence-corrected chi connectivity index (χ0v) is 4.76. The predicted octanol–water partition coefficient (Wildman–Crippen LogP) is 0.720. The second kappa shape index (κ2) is 3.40. The standard InChI is InChI=1S/C5H10N2/c1-4-7(3)5-6-2/h4-5H,1H2,2-3H3. The molecule has 0 bridgehead atoms. The number of nitrogens with zero attached hydrogens (tertiary/aromatic N) is 2. The van der Waals surface area contributed by atoms with Crippen LogP contribution in [0.25, 0.3) is 0 Å². The van der Waals surface area contributed by atoms with Crippen molar-refractivity contribution in [3.05, 3.63) is 12.8 Å². The summed E-state index contributed by atoms with van der Waals surface area (Å²) in [7, 11) is 3.60. The van der Waals surface area contributed by atoms with Crippen LogP contribution in [0.15, 0.2) is 17.8 Å². The Balaban J connectivity index is 3.35. The minimum atomic E-state index is 1.69. The SMILES string of the molecule is C=CN(C)C=NC. The van der Waals surface area contributed by atoms with Gasteiger partial charge in [0.15, 0.2) is 0 Å². The molecule has 40 valence electrons. The van der Waals surface area contributed by atoms with E-state index in [0.717, 1.165) is 0 Å². The molecule has 7 heavy (non-hydrogen) atoms. The van der Waals surface area contributed by atoms with Gasteiger partial charge >= 0.3 is 0 Å². The third-order valence-corrected chi connectivity index (χ3v) is 0.586. The highest BCUT2D eigenvalue weighted by molar-refractivity contribution is 5.55. The zero-order chi connectivity index (χ0) is 5.70. The molecular formula is C5H10N2. The molecule has 0 saturated heterocycles. The maximum Gasteiger partial charge on any atom is 0.0883 e. The summed E-state index contributed by atoms with van der Waals surface area (Å²) in [6.07, 6.45) is 3.38. The first kappa shape index (κ1) is 6.21. The normalized spacial score (nSPS) is 9.43. The summed E-state index contributed by atoms with van der Waals surface area (Å²) in [6.45, 7) is 3.51. The maximum absolute atomic E-state index is 3.74. The first-order chi connectivity index (χ1) is 3.31. The molecule has 2 nitrogen and oxygen atoms in total. The Morgan fingerprint density at radius 2 is 2.29 bits per heavy atom. The molecule has 0 heterocycles. The summed E-state index contributed by atoms with van der Waals surface area (Å²) in [5.74, 6) is 0. The minimum Gasteiger partial charge on any atom is -0.343 e. The third-order valence-electron chi connectivity index (χ3n) is 0.586. The maximum atomic E-state index is 3.74. The minimum absolute atomic E-state index is 1.69. The van der Waals surface area contributed by atoms with Gasteiger partial charge in [-0.25, -0.2) is 0 Å². The van der Waals surface area contributed by atoms with E-state index in [2.05, 4.69) is 11.6 Å². The zero-order valence-electron chi connectivity index (χ0n) is 4.76. The van der Waals surface area contributed by atoms with Crippen LogP contribution in [0.1, 0.15) is 0 Å². The number of aliphatic imine (C=N–C) groups is 1. The van der Waals surface area contributed by atoms with Crippen molar-refractivity contribution in [1.82, 2.24) is 4.90 Å². The van der Waals surface area contributed by atoms with Crippen molar-refractivity contribution in [3.8, 4) is 0 Å². The highest BCUT2D eigenvalue weighted by Gasteiger charge is 1.72. The topological polar surface area (TPSA) is 15.6 Å². The van der Waals surface area contributed by atoms with Gasteiger partial charge in [-0.05, 0) is 6.20 Å². The van der Waals surface area contributed by atoms with Crippen molar-refractivity contribution in [1.29, 1.82) is 0 Å². The first-order valence-electron chi connectivity index (χ1n) is 2.08. The molecule has 0 radical (unpaired) electrons. The third kappa shape index (κ3) is 3.03. The fourth-order valence-electron chi connectivity index (χ4n) is 0.229. The van der Waals surface area contributed by atoms with Crippen LogP contribution in [0.4, 0.5) is 0 Å². The smallest absolute Gasteiger partial charge is 0.0883 e. The van der Waals surface area contributed by atoms with Gasteiger partial charge in [-0.1, -0.05) is 6.58 Å². The largest absolute Gasteiger partial charge is 0.343 e. The lowest BCUT2D eigenvalue weighted by Gasteiger charge is -2.00. The Labute approximate surface area is 44.2 Å². The molecule has 0 rings (SSSR count). The lowest BCUT2D eigenvalue weighted by Crippen LogP contribution is -2.05. The van der Waals surface area contributed by atoms with Gasteiger partial charge in [0.25, 0.3) is 0 Å². The molecule has 0 spiro atoms. The summed E-state index contributed by atoms with van der Waals surface area (Å²) in [6, 6.07) is 0. The van der Waals surface area contributed by atoms with Crippen molar-refractivity contribution in [3.63, 3.8) is 0 Å². The first-order valence-corrected chi connectivity index (χ1v) is 2.08. The number of rotatable bonds is 2. The van der Waals surface area contributed by atoms with E-state index in [-0.39, 0.29) is 0 Å². The van der Waals surface area contributed by atoms with Crippen LogP contribution in [-0.2, 0) is 0 Å². The average Bonchev–Trinajstić information content (AvgIpc) is 1.68. The number of hydrogen-bond acceptors (Lipinski definition) is 1. The summed E-state index contributed by atoms with van der Waals surface area (Å²) in [5, 5.41) is 0. The Morgan fingerprint density at radius 1 is 1.71 bits per heavy atom. The molecule has 0 aliphatic rings. The van der Waals surface area contributed by atoms with Crippen LogP contribution in [0.2, 0.25) is 0 Å². The van der Waals surface area contributed by atoms with Gasteiger partial charge in [-0.2, -0.15) is 0 Å². The highest BCUT2D eigenvalue weighted by atomic mass is 15.1. The summed E-state index contributed by atoms with van der Waals surface area (Å²) in [5.41, 5.74) is 0. The molecule has 0 aromatic rings. The van der Waals surface area contributed by atoms with E-state index < -0.39 is 0 Å². The van der Waals surface area contributed by atoms with Crippen molar-refractivity contribution < 1.29 is 0 Å². The number of hydrogen-bond donors (Lipinski definition) is 0. The molecular weight excluding hydrogens is 88.1 g/mol. The molecule has 0 aromatic heterocycles. The van der Waals surface area contributed by atoms with E-state index in [1.807, 2.05) is 7.05 Å². The second-order valence-corrected chi connectivity index (χ2v) is 1.22. The highest BCUT2D eigenvalue weighted by Crippen LogP contribution is 1.70. The lowest BCUT2D eigenvalue weighted by molar-refractivity contribution is 0.712. The van der Waals surface area contributed by atoms with Crippen LogP contribution >= 0.6 is 0 Å². The van der Waals surface area contributed by atoms with Gasteiger partial charge in [-0.15, -0.1) is 0 Å². The fourth-order valence-corrected chi connectivity index (χ4v) is 0.229. The van der Waals surface area contributed by atoms with Gasteiger partial charge in [0, 0.05) is 14.1 Å². The average molecular weight is 98.1 g/mol. The monoisotopic (exact) mass is 98.1 g/mol. The van der Waals surface area contributed by atoms with Crippen LogP contribution in [0.5, 0.6) is 0 Å². The molecule has 0 aliphatic carbocycles. The summed E-state index contributed by atoms with van der Waals surface area (Å²) in [4.78, 5) is 5.51. The van der Waals surface area contributed by atoms with Gasteiger partial charge in [0.1, 0.15) is 0 Å². The van der Waals surface area contributed by atoms with Crippen LogP contribution in [-0.4, -0.2) is 25.3 Å². The van der Waals surface area contributed by atoms with Crippen molar-refractivity contribution >= 4 is 6.34 Å². The van der Waals surface area contributed by atoms with Gasteiger partial charge < -0.3 is 4.90 Å². The molecule has 0 aromatic carbocycles. The van der Waals surface area contributed by atoms with E-state index in [0.29, 0.717) is 0 Å². The van der Waals surface area contributed by atoms with Crippen molar-refractivity contribution in [2.24, 2.45) is 4.99 Å². The molecule has 0 atom stereocenters. The van der Waals surface area contributed by atoms with E-state index in [9.17, 15) is 0 Å². The van der Waals surface area contributed by atoms with Crippen LogP contribution in [0.3, 0.4) is 0 Å². The predicted molar refractivity (Wildman–Crippen MR) is 32.4 cm³/mol. The van der Waals surface area contributed by atoms with E-state index in [1.54, 1.807) is 24.5 Å². The van der Waals surface area contributed by atoms with Gasteiger partial charge in [-0.3, -0.25) is 4.99 Å². The molecule has 0 saturated carbocycles. The van der Waals surface area contributed by atoms with Crippen molar-refractivity contribution in [2.75, 3.05) is 14.1 Å². The summed E-state index contributed by atoms with van der Waals surface area (Å²) < 4.78 is 0. The van der Waals surface area contributed by atoms with Crippen LogP contribution in [0, 0.1) is 0 Å². The van der Waals surface area contributed by atoms with Crippen LogP contribution < -0.4 is 0 Å². The summed E-state index contributed by atoms with van der Waals surface area (Å²) >= 11 is 0. The molecule has 0 aliphatic heterocycles. The molecule has 0 amide bonds. The van der Waals surface area contributed by atoms with Gasteiger partial charge in [0.2, 0.25) is 0 Å². The lowest BCUT2D eigenvalue weighted by atomic mass is 10.8. The Morgan fingerprint density at radius 3 is 2.43 bits per heavy atom. The Bertz CT molecular complexity index is 76.1. The quantitative estimate of drug-likeness (QED) is 0.367.